The standard InChI is InChI=1S/C13H15NO2/c1-11-9-13(15)14(7-8-16-11)10-12-5-3-2-4-6-12/h2-6,9H,7-8,10H2,1H3. The summed E-state index contributed by atoms with van der Waals surface area (Å²) in [7, 11) is 0. The van der Waals surface area contributed by atoms with E-state index in [-0.39, 0.29) is 5.91 Å². The average Bonchev–Trinajstić information content (AvgIpc) is 2.43. The average molecular weight is 217 g/mol. The van der Waals surface area contributed by atoms with E-state index >= 15 is 0 Å². The second kappa shape index (κ2) is 4.84. The highest BCUT2D eigenvalue weighted by molar-refractivity contribution is 5.88. The summed E-state index contributed by atoms with van der Waals surface area (Å²) in [6.07, 6.45) is 1.55. The number of ether oxygens (including phenoxy) is 1. The number of carbonyl (C=O) groups is 1. The minimum absolute atomic E-state index is 0.0267. The monoisotopic (exact) mass is 217 g/mol. The zero-order valence-corrected chi connectivity index (χ0v) is 9.35. The first-order chi connectivity index (χ1) is 7.75. The Hall–Kier alpha value is -1.77. The highest BCUT2D eigenvalue weighted by Gasteiger charge is 2.15. The molecule has 0 radical (unpaired) electrons. The highest BCUT2D eigenvalue weighted by atomic mass is 16.5. The predicted molar refractivity (Wildman–Crippen MR) is 61.6 cm³/mol. The predicted octanol–water partition coefficient (Wildman–Crippen LogP) is 1.95. The SMILES string of the molecule is CC1=CC(=O)N(Cc2ccccc2)CCO1. The Balaban J connectivity index is 2.07. The maximum absolute atomic E-state index is 11.8. The number of rotatable bonds is 2. The lowest BCUT2D eigenvalue weighted by Gasteiger charge is -2.18. The zero-order chi connectivity index (χ0) is 11.4. The van der Waals surface area contributed by atoms with E-state index in [9.17, 15) is 4.79 Å². The Kier molecular flexibility index (Phi) is 3.25. The van der Waals surface area contributed by atoms with Crippen LogP contribution in [0.25, 0.3) is 0 Å². The van der Waals surface area contributed by atoms with Gasteiger partial charge in [0.25, 0.3) is 0 Å². The van der Waals surface area contributed by atoms with Crippen LogP contribution in [0.1, 0.15) is 12.5 Å². The van der Waals surface area contributed by atoms with Crippen molar-refractivity contribution in [1.82, 2.24) is 4.90 Å². The minimum atomic E-state index is 0.0267. The first kappa shape index (κ1) is 10.7. The van der Waals surface area contributed by atoms with Gasteiger partial charge in [-0.05, 0) is 12.5 Å². The van der Waals surface area contributed by atoms with E-state index in [1.807, 2.05) is 37.3 Å². The summed E-state index contributed by atoms with van der Waals surface area (Å²) in [5, 5.41) is 0. The molecule has 0 saturated carbocycles. The molecule has 0 bridgehead atoms. The van der Waals surface area contributed by atoms with Gasteiger partial charge < -0.3 is 9.64 Å². The molecule has 1 aliphatic rings. The fraction of sp³-hybridized carbons (Fsp3) is 0.308. The summed E-state index contributed by atoms with van der Waals surface area (Å²) in [4.78, 5) is 13.6. The molecule has 0 fully saturated rings. The third-order valence-corrected chi connectivity index (χ3v) is 2.55. The van der Waals surface area contributed by atoms with Crippen LogP contribution in [-0.4, -0.2) is 24.0 Å². The number of hydrogen-bond acceptors (Lipinski definition) is 2. The molecule has 2 rings (SSSR count). The van der Waals surface area contributed by atoms with Gasteiger partial charge >= 0.3 is 0 Å². The van der Waals surface area contributed by atoms with E-state index < -0.39 is 0 Å². The van der Waals surface area contributed by atoms with Crippen molar-refractivity contribution < 1.29 is 9.53 Å². The van der Waals surface area contributed by atoms with Crippen LogP contribution in [0, 0.1) is 0 Å². The first-order valence-corrected chi connectivity index (χ1v) is 5.39. The van der Waals surface area contributed by atoms with Gasteiger partial charge in [-0.25, -0.2) is 0 Å². The van der Waals surface area contributed by atoms with Crippen molar-refractivity contribution in [2.24, 2.45) is 0 Å². The molecule has 0 spiro atoms. The summed E-state index contributed by atoms with van der Waals surface area (Å²) < 4.78 is 5.34. The Labute approximate surface area is 95.3 Å². The number of carbonyl (C=O) groups excluding carboxylic acids is 1. The van der Waals surface area contributed by atoms with Gasteiger partial charge in [0, 0.05) is 12.6 Å². The van der Waals surface area contributed by atoms with Crippen molar-refractivity contribution in [3.8, 4) is 0 Å². The van der Waals surface area contributed by atoms with Crippen LogP contribution in [-0.2, 0) is 16.1 Å². The Morgan fingerprint density at radius 2 is 2.06 bits per heavy atom. The number of allylic oxidation sites excluding steroid dienone is 1. The molecule has 0 aliphatic carbocycles. The van der Waals surface area contributed by atoms with Crippen LogP contribution >= 0.6 is 0 Å². The number of nitrogens with zero attached hydrogens (tertiary/aromatic N) is 1. The van der Waals surface area contributed by atoms with Crippen molar-refractivity contribution in [3.05, 3.63) is 47.7 Å². The molecule has 1 aromatic carbocycles. The van der Waals surface area contributed by atoms with Gasteiger partial charge in [-0.15, -0.1) is 0 Å². The van der Waals surface area contributed by atoms with E-state index in [2.05, 4.69) is 0 Å². The Morgan fingerprint density at radius 1 is 1.31 bits per heavy atom. The van der Waals surface area contributed by atoms with E-state index in [0.29, 0.717) is 25.5 Å². The molecule has 0 aromatic heterocycles. The first-order valence-electron chi connectivity index (χ1n) is 5.39. The molecule has 1 aromatic rings. The highest BCUT2D eigenvalue weighted by Crippen LogP contribution is 2.09. The van der Waals surface area contributed by atoms with Crippen molar-refractivity contribution in [2.75, 3.05) is 13.2 Å². The van der Waals surface area contributed by atoms with Gasteiger partial charge in [0.15, 0.2) is 0 Å². The number of hydrogen-bond donors (Lipinski definition) is 0. The molecule has 1 aliphatic heterocycles. The number of benzene rings is 1. The molecular formula is C13H15NO2. The van der Waals surface area contributed by atoms with Gasteiger partial charge in [-0.1, -0.05) is 30.3 Å². The lowest BCUT2D eigenvalue weighted by molar-refractivity contribution is -0.126. The summed E-state index contributed by atoms with van der Waals surface area (Å²) in [5.74, 6) is 0.722. The molecule has 0 atom stereocenters. The normalized spacial score (nSPS) is 16.4. The third kappa shape index (κ3) is 2.63. The van der Waals surface area contributed by atoms with Crippen LogP contribution < -0.4 is 0 Å². The molecule has 0 saturated heterocycles. The molecule has 1 heterocycles. The topological polar surface area (TPSA) is 29.5 Å². The molecule has 0 N–H and O–H groups in total. The smallest absolute Gasteiger partial charge is 0.250 e. The summed E-state index contributed by atoms with van der Waals surface area (Å²) in [5.41, 5.74) is 1.14. The summed E-state index contributed by atoms with van der Waals surface area (Å²) in [6.45, 7) is 3.67. The van der Waals surface area contributed by atoms with Crippen molar-refractivity contribution in [1.29, 1.82) is 0 Å². The second-order valence-corrected chi connectivity index (χ2v) is 3.85. The zero-order valence-electron chi connectivity index (χ0n) is 9.35. The van der Waals surface area contributed by atoms with Gasteiger partial charge in [0.05, 0.1) is 12.3 Å². The maximum Gasteiger partial charge on any atom is 0.250 e. The van der Waals surface area contributed by atoms with Crippen molar-refractivity contribution in [2.45, 2.75) is 13.5 Å². The molecule has 1 amide bonds. The molecule has 3 nitrogen and oxygen atoms in total. The van der Waals surface area contributed by atoms with Crippen molar-refractivity contribution in [3.63, 3.8) is 0 Å². The molecule has 3 heteroatoms. The van der Waals surface area contributed by atoms with Gasteiger partial charge in [0.1, 0.15) is 6.61 Å². The molecular weight excluding hydrogens is 202 g/mol. The van der Waals surface area contributed by atoms with Crippen LogP contribution in [0.3, 0.4) is 0 Å². The van der Waals surface area contributed by atoms with Crippen molar-refractivity contribution >= 4 is 5.91 Å². The third-order valence-electron chi connectivity index (χ3n) is 2.55. The quantitative estimate of drug-likeness (QED) is 0.757. The van der Waals surface area contributed by atoms with E-state index in [1.54, 1.807) is 11.0 Å². The summed E-state index contributed by atoms with van der Waals surface area (Å²) in [6, 6.07) is 9.98. The van der Waals surface area contributed by atoms with Gasteiger partial charge in [-0.3, -0.25) is 4.79 Å². The molecule has 84 valence electrons. The Bertz CT molecular complexity index is 398. The van der Waals surface area contributed by atoms with E-state index in [1.165, 1.54) is 0 Å². The largest absolute Gasteiger partial charge is 0.496 e. The second-order valence-electron chi connectivity index (χ2n) is 3.85. The lowest BCUT2D eigenvalue weighted by Crippen LogP contribution is -2.30. The lowest BCUT2D eigenvalue weighted by atomic mass is 10.2. The fourth-order valence-corrected chi connectivity index (χ4v) is 1.69. The minimum Gasteiger partial charge on any atom is -0.496 e. The molecule has 16 heavy (non-hydrogen) atoms. The maximum atomic E-state index is 11.8. The fourth-order valence-electron chi connectivity index (χ4n) is 1.69. The van der Waals surface area contributed by atoms with Crippen LogP contribution in [0.4, 0.5) is 0 Å². The Morgan fingerprint density at radius 3 is 2.81 bits per heavy atom. The summed E-state index contributed by atoms with van der Waals surface area (Å²) >= 11 is 0. The van der Waals surface area contributed by atoms with E-state index in [4.69, 9.17) is 4.74 Å². The van der Waals surface area contributed by atoms with Crippen LogP contribution in [0.15, 0.2) is 42.2 Å². The van der Waals surface area contributed by atoms with Gasteiger partial charge in [-0.2, -0.15) is 0 Å². The number of amides is 1. The van der Waals surface area contributed by atoms with Crippen LogP contribution in [0.2, 0.25) is 0 Å². The van der Waals surface area contributed by atoms with Crippen LogP contribution in [0.5, 0.6) is 0 Å². The van der Waals surface area contributed by atoms with Gasteiger partial charge in [0.2, 0.25) is 5.91 Å². The van der Waals surface area contributed by atoms with E-state index in [0.717, 1.165) is 5.56 Å². The molecule has 0 unspecified atom stereocenters.